The van der Waals surface area contributed by atoms with Gasteiger partial charge >= 0.3 is 9.15 Å². The van der Waals surface area contributed by atoms with E-state index in [4.69, 9.17) is 35.3 Å². The number of aliphatic carboxylic acids is 1. The molecule has 0 spiro atoms. The van der Waals surface area contributed by atoms with Crippen LogP contribution in [0.3, 0.4) is 0 Å². The van der Waals surface area contributed by atoms with Gasteiger partial charge in [-0.2, -0.15) is 0 Å². The molecule has 0 amide bonds. The minimum absolute atomic E-state index is 0.0438. The van der Waals surface area contributed by atoms with Crippen LogP contribution in [0.5, 0.6) is 34.5 Å². The molecule has 0 aromatic heterocycles. The Hall–Kier alpha value is -11.4. The number of phenolic OH excluding ortho intramolecular Hbond substituents is 1. The second-order valence-corrected chi connectivity index (χ2v) is 34.8. The average Bonchev–Trinajstić information content (AvgIpc) is 0.885. The van der Waals surface area contributed by atoms with Crippen LogP contribution in [0.15, 0.2) is 279 Å². The molecule has 24 heteroatoms. The molecule has 688 valence electrons. The summed E-state index contributed by atoms with van der Waals surface area (Å²) in [5, 5.41) is 26.0. The number of benzene rings is 11. The maximum atomic E-state index is 13.5. The first kappa shape index (κ1) is 112. The van der Waals surface area contributed by atoms with Gasteiger partial charge < -0.3 is 39.0 Å². The van der Waals surface area contributed by atoms with Gasteiger partial charge in [0.2, 0.25) is 0 Å². The number of carbonyl (C=O) groups is 6. The van der Waals surface area contributed by atoms with Crippen molar-refractivity contribution in [1.29, 1.82) is 0 Å². The van der Waals surface area contributed by atoms with Crippen molar-refractivity contribution in [2.24, 2.45) is 0 Å². The zero-order valence-electron chi connectivity index (χ0n) is 76.2. The van der Waals surface area contributed by atoms with E-state index in [2.05, 4.69) is 61.1 Å². The lowest BCUT2D eigenvalue weighted by Gasteiger charge is -2.17. The fraction of sp³-hybridized carbons (Fsp3) is 0.276. The zero-order valence-corrected chi connectivity index (χ0v) is 80.0. The van der Waals surface area contributed by atoms with Crippen molar-refractivity contribution in [2.75, 3.05) is 48.3 Å². The molecule has 0 bridgehead atoms. The Bertz CT molecular complexity index is 5030. The van der Waals surface area contributed by atoms with Crippen LogP contribution >= 0.6 is 47.3 Å². The van der Waals surface area contributed by atoms with Gasteiger partial charge in [-0.3, -0.25) is 33.2 Å². The molecule has 0 aliphatic heterocycles. The highest BCUT2D eigenvalue weighted by Gasteiger charge is 2.22. The van der Waals surface area contributed by atoms with E-state index in [9.17, 15) is 60.2 Å². The maximum Gasteiger partial charge on any atom is 0.369 e. The molecule has 14 nitrogen and oxygen atoms in total. The van der Waals surface area contributed by atoms with Crippen LogP contribution in [0.4, 0.5) is 26.3 Å². The fourth-order valence-corrected chi connectivity index (χ4v) is 12.3. The standard InChI is InChI=1S/C20H23FO2.C19H21FO3.C17H17FO2.C17H15FO2.C16H15FO2.C11H12O2.C2H6O.C2H6.CH3F.BBr3/c1-3-4-12-23-19-10-8-16(9-11-19)20(13-15(2)22)17-6-5-7-18(21)14-17;1-2-3-11-23-17-9-7-14(8-10-17)18(13-19(21)22)15-5-4-6-16(20)12-15;2*1-12(19)10-17(14-4-3-5-15(18)11-14)13-6-8-16(20-2)9-7-13;1-11(18)9-16(12-5-7-15(19)8-6-12)13-3-2-4-14(17)10-13;1-9(12)3-4-10-5-7-11(13-2)8-6-10;1-2-3;2*1-2;2-1(3)4/h5-11,14,20H,3-4,12-13H2,1-2H3;4-10,12,18H,2-3,11,13H2,1H3,(H,21,22);3-9,11,17H,10H2,1-2H3;3-11H,1-2H3;2-8,10,16,19H,9H2,1H3;3-8H,1-2H3;3H,2H2,1H3;1-2H3;1H3;/b;;;17-10-;;4-3+;;;;/i;;;;;;;;1D;. The summed E-state index contributed by atoms with van der Waals surface area (Å²) >= 11 is 9.31. The molecule has 4 unspecified atom stereocenters. The highest BCUT2D eigenvalue weighted by molar-refractivity contribution is 9.69. The second-order valence-electron chi connectivity index (χ2n) is 28.3. The smallest absolute Gasteiger partial charge is 0.369 e. The van der Waals surface area contributed by atoms with E-state index in [1.54, 1.807) is 121 Å². The summed E-state index contributed by atoms with van der Waals surface area (Å²) in [6, 6.07) is 75.5. The van der Waals surface area contributed by atoms with Crippen molar-refractivity contribution >= 4 is 97.0 Å². The van der Waals surface area contributed by atoms with Crippen LogP contribution in [-0.4, -0.2) is 102 Å². The van der Waals surface area contributed by atoms with Crippen LogP contribution in [0.2, 0.25) is 0 Å². The predicted octanol–water partition coefficient (Wildman–Crippen LogP) is 27.2. The molecular formula is C105H118BBr3F6O14. The Morgan fingerprint density at radius 2 is 0.682 bits per heavy atom. The van der Waals surface area contributed by atoms with E-state index >= 15 is 0 Å². The van der Waals surface area contributed by atoms with E-state index in [0.29, 0.717) is 49.2 Å². The highest BCUT2D eigenvalue weighted by Crippen LogP contribution is 2.35. The summed E-state index contributed by atoms with van der Waals surface area (Å²) < 4.78 is 109. The SMILES string of the molecule is BrB(Br)Br.CC.CC(=O)CC(c1ccc(O)cc1)c1cccc(F)c1.CCCCOc1ccc(C(CC(=O)O)c2cccc(F)c2)cc1.CCCCOc1ccc(C(CC(C)=O)c2cccc(F)c2)cc1.CCO.COc1ccc(/C(=C/C(C)=O)c2cccc(F)c2)cc1.COc1ccc(/C=C/C(C)=O)cc1.COc1ccc(C(CC(C)=O)c2cccc(F)c2)cc1.[2H]CF. The highest BCUT2D eigenvalue weighted by atomic mass is 79.9. The molecule has 0 fully saturated rings. The monoisotopic (exact) mass is 1970 g/mol. The van der Waals surface area contributed by atoms with E-state index in [-0.39, 0.29) is 104 Å². The van der Waals surface area contributed by atoms with Gasteiger partial charge in [-0.05, 0) is 267 Å². The van der Waals surface area contributed by atoms with Gasteiger partial charge in [-0.25, -0.2) is 22.0 Å². The largest absolute Gasteiger partial charge is 0.508 e. The van der Waals surface area contributed by atoms with Gasteiger partial charge in [0.25, 0.3) is 0 Å². The summed E-state index contributed by atoms with van der Waals surface area (Å²) in [7, 11) is 3.82. The number of carboxylic acids is 1. The molecule has 11 rings (SSSR count). The van der Waals surface area contributed by atoms with Crippen LogP contribution in [0.25, 0.3) is 11.6 Å². The van der Waals surface area contributed by atoms with Gasteiger partial charge in [0.15, 0.2) is 11.6 Å². The van der Waals surface area contributed by atoms with Crippen molar-refractivity contribution in [3.8, 4) is 34.5 Å². The van der Waals surface area contributed by atoms with Crippen molar-refractivity contribution in [2.45, 2.75) is 144 Å². The Labute approximate surface area is 783 Å². The lowest BCUT2D eigenvalue weighted by atomic mass is 9.87. The summed E-state index contributed by atoms with van der Waals surface area (Å²) in [5.74, 6) is 0.919. The van der Waals surface area contributed by atoms with Crippen molar-refractivity contribution in [3.63, 3.8) is 0 Å². The minimum atomic E-state index is -1.00. The van der Waals surface area contributed by atoms with E-state index in [1.165, 1.54) is 87.5 Å². The van der Waals surface area contributed by atoms with Gasteiger partial charge in [0.05, 0.1) is 49.5 Å². The van der Waals surface area contributed by atoms with E-state index < -0.39 is 13.1 Å². The van der Waals surface area contributed by atoms with Gasteiger partial charge in [0, 0.05) is 49.5 Å². The molecule has 3 N–H and O–H groups in total. The molecular weight excluding hydrogens is 1850 g/mol. The number of halogens is 9. The number of carboxylic acid groups (broad SMARTS) is 1. The Balaban J connectivity index is 0.000000517. The Morgan fingerprint density at radius 3 is 0.953 bits per heavy atom. The summed E-state index contributed by atoms with van der Waals surface area (Å²) in [4.78, 5) is 67.7. The number of ketones is 5. The first-order chi connectivity index (χ1) is 62.2. The molecule has 11 aromatic carbocycles. The Morgan fingerprint density at radius 1 is 0.403 bits per heavy atom. The topological polar surface area (TPSA) is 209 Å². The molecule has 0 radical (unpaired) electrons. The fourth-order valence-electron chi connectivity index (χ4n) is 12.3. The first-order valence-corrected chi connectivity index (χ1v) is 44.4. The van der Waals surface area contributed by atoms with Crippen LogP contribution in [0, 0.1) is 29.1 Å². The number of rotatable bonds is 32. The number of allylic oxidation sites excluding steroid dienone is 2. The molecule has 4 atom stereocenters. The quantitative estimate of drug-likeness (QED) is 0.0155. The first-order valence-electron chi connectivity index (χ1n) is 42.4. The minimum Gasteiger partial charge on any atom is -0.508 e. The van der Waals surface area contributed by atoms with E-state index in [1.807, 2.05) is 153 Å². The number of carbonyl (C=O) groups excluding carboxylic acids is 5. The van der Waals surface area contributed by atoms with Crippen LogP contribution in [0.1, 0.15) is 207 Å². The van der Waals surface area contributed by atoms with Crippen molar-refractivity contribution < 1.29 is 95.5 Å². The lowest BCUT2D eigenvalue weighted by Crippen LogP contribution is -2.08. The molecule has 129 heavy (non-hydrogen) atoms. The molecule has 0 heterocycles. The average molecular weight is 1970 g/mol. The molecule has 0 saturated heterocycles. The molecule has 0 aliphatic rings. The number of aliphatic hydroxyl groups excluding tert-OH is 1. The zero-order chi connectivity index (χ0) is 96.9. The maximum absolute atomic E-state index is 13.5. The summed E-state index contributed by atoms with van der Waals surface area (Å²) in [5.41, 5.74) is 9.95. The van der Waals surface area contributed by atoms with Gasteiger partial charge in [-0.1, -0.05) is 180 Å². The number of hydrogen-bond acceptors (Lipinski definition) is 13. The second kappa shape index (κ2) is 66.0. The number of methoxy groups -OCH3 is 3. The van der Waals surface area contributed by atoms with Crippen LogP contribution < -0.4 is 23.7 Å². The summed E-state index contributed by atoms with van der Waals surface area (Å²) in [6.45, 7) is 19.2. The number of aromatic hydroxyl groups is 1. The third-order valence-corrected chi connectivity index (χ3v) is 18.3. The number of phenols is 1. The predicted molar refractivity (Wildman–Crippen MR) is 519 cm³/mol. The number of alkyl halides is 1. The number of hydrogen-bond donors (Lipinski definition) is 3. The third-order valence-electron chi connectivity index (χ3n) is 18.3. The number of ether oxygens (including phenoxy) is 5. The van der Waals surface area contributed by atoms with Crippen LogP contribution in [-0.2, 0) is 28.8 Å². The lowest BCUT2D eigenvalue weighted by molar-refractivity contribution is -0.137. The molecule has 11 aromatic rings. The van der Waals surface area contributed by atoms with E-state index in [0.717, 1.165) is 105 Å². The number of Topliss-reactive ketones (excluding diaryl/α,β-unsaturated/α-hetero) is 3. The Kier molecular flexibility index (Phi) is 57.2. The summed E-state index contributed by atoms with van der Waals surface area (Å²) in [6.07, 6.45) is 9.96. The van der Waals surface area contributed by atoms with Crippen molar-refractivity contribution in [3.05, 3.63) is 369 Å². The molecule has 0 saturated carbocycles. The number of aliphatic hydroxyl groups is 1. The third kappa shape index (κ3) is 47.4. The molecule has 0 aliphatic carbocycles. The van der Waals surface area contributed by atoms with Gasteiger partial charge in [-0.15, -0.1) is 47.3 Å². The van der Waals surface area contributed by atoms with Gasteiger partial charge in [0.1, 0.15) is 80.9 Å². The normalized spacial score (nSPS) is 11.2. The number of unbranched alkanes of at least 4 members (excludes halogenated alkanes) is 2. The van der Waals surface area contributed by atoms with Crippen molar-refractivity contribution in [1.82, 2.24) is 0 Å².